The molecular formula is C18H22N8. The average Bonchev–Trinajstić information content (AvgIpc) is 2.59. The molecule has 0 fully saturated rings. The van der Waals surface area contributed by atoms with Crippen LogP contribution in [0.3, 0.4) is 0 Å². The van der Waals surface area contributed by atoms with E-state index in [1.54, 1.807) is 30.3 Å². The molecule has 8 nitrogen and oxygen atoms in total. The van der Waals surface area contributed by atoms with Crippen LogP contribution in [0.4, 0.5) is 51.2 Å². The minimum Gasteiger partial charge on any atom is -0.397 e. The maximum Gasteiger partial charge on any atom is 0.0787 e. The predicted octanol–water partition coefficient (Wildman–Crippen LogP) is 2.17. The molecule has 0 bridgehead atoms. The van der Waals surface area contributed by atoms with Crippen molar-refractivity contribution >= 4 is 51.2 Å². The van der Waals surface area contributed by atoms with E-state index in [9.17, 15) is 0 Å². The van der Waals surface area contributed by atoms with Gasteiger partial charge in [-0.15, -0.1) is 0 Å². The lowest BCUT2D eigenvalue weighted by Gasteiger charge is -2.16. The van der Waals surface area contributed by atoms with Crippen LogP contribution in [0.2, 0.25) is 0 Å². The van der Waals surface area contributed by atoms with Gasteiger partial charge in [0.25, 0.3) is 0 Å². The Bertz CT molecular complexity index is 997. The van der Waals surface area contributed by atoms with Gasteiger partial charge in [-0.1, -0.05) is 6.07 Å². The lowest BCUT2D eigenvalue weighted by molar-refractivity contribution is 1.53. The third-order valence-electron chi connectivity index (χ3n) is 4.16. The number of nitrogens with two attached hydrogens (primary N) is 7. The zero-order valence-corrected chi connectivity index (χ0v) is 14.1. The summed E-state index contributed by atoms with van der Waals surface area (Å²) in [5.41, 5.74) is 47.4. The van der Waals surface area contributed by atoms with Gasteiger partial charge in [0.15, 0.2) is 0 Å². The summed E-state index contributed by atoms with van der Waals surface area (Å²) >= 11 is 0. The summed E-state index contributed by atoms with van der Waals surface area (Å²) in [6.07, 6.45) is 0. The monoisotopic (exact) mass is 350 g/mol. The van der Waals surface area contributed by atoms with Crippen molar-refractivity contribution in [2.24, 2.45) is 0 Å². The van der Waals surface area contributed by atoms with Crippen molar-refractivity contribution in [3.05, 3.63) is 42.5 Å². The van der Waals surface area contributed by atoms with Crippen LogP contribution in [0.1, 0.15) is 0 Å². The van der Waals surface area contributed by atoms with Crippen molar-refractivity contribution in [3.63, 3.8) is 0 Å². The molecule has 0 saturated heterocycles. The van der Waals surface area contributed by atoms with E-state index in [1.165, 1.54) is 0 Å². The van der Waals surface area contributed by atoms with E-state index in [0.29, 0.717) is 51.2 Å². The normalized spacial score (nSPS) is 10.6. The minimum absolute atomic E-state index is 0.395. The molecule has 0 saturated carbocycles. The zero-order chi connectivity index (χ0) is 19.0. The van der Waals surface area contributed by atoms with Crippen LogP contribution in [0.5, 0.6) is 0 Å². The number of rotatable bonds is 3. The lowest BCUT2D eigenvalue weighted by Crippen LogP contribution is -2.05. The Morgan fingerprint density at radius 3 is 1.77 bits per heavy atom. The second-order valence-electron chi connectivity index (χ2n) is 6.06. The third-order valence-corrected chi connectivity index (χ3v) is 4.16. The molecule has 0 aliphatic carbocycles. The van der Waals surface area contributed by atoms with E-state index in [4.69, 9.17) is 40.1 Å². The number of nitrogen functional groups attached to an aromatic ring is 7. The van der Waals surface area contributed by atoms with Crippen LogP contribution >= 0.6 is 0 Å². The van der Waals surface area contributed by atoms with Crippen molar-refractivity contribution < 1.29 is 0 Å². The summed E-state index contributed by atoms with van der Waals surface area (Å²) in [6, 6.07) is 12.2. The fraction of sp³-hybridized carbons (Fsp3) is 0. The molecule has 134 valence electrons. The highest BCUT2D eigenvalue weighted by Crippen LogP contribution is 2.37. The molecule has 3 aromatic carbocycles. The van der Waals surface area contributed by atoms with Crippen LogP contribution in [0, 0.1) is 0 Å². The molecule has 0 radical (unpaired) electrons. The first-order chi connectivity index (χ1) is 12.3. The first-order valence-electron chi connectivity index (χ1n) is 7.82. The van der Waals surface area contributed by atoms with Crippen LogP contribution in [0.15, 0.2) is 42.5 Å². The van der Waals surface area contributed by atoms with Gasteiger partial charge in [-0.05, 0) is 47.5 Å². The molecule has 26 heavy (non-hydrogen) atoms. The standard InChI is InChI=1S/C18H22N8/c19-10-2-1-8(3-11(10)20)9-4-15(24)18(25)17(5-9)26-16-7-13(22)12(21)6-14(16)23/h1-7,26H,19-25H2. The topological polar surface area (TPSA) is 194 Å². The van der Waals surface area contributed by atoms with Gasteiger partial charge in [0.2, 0.25) is 0 Å². The second kappa shape index (κ2) is 6.17. The fourth-order valence-electron chi connectivity index (χ4n) is 2.60. The second-order valence-corrected chi connectivity index (χ2v) is 6.06. The number of nitrogens with one attached hydrogen (secondary N) is 1. The molecule has 0 amide bonds. The van der Waals surface area contributed by atoms with Crippen LogP contribution < -0.4 is 45.5 Å². The summed E-state index contributed by atoms with van der Waals surface area (Å²) in [6.45, 7) is 0. The van der Waals surface area contributed by atoms with Gasteiger partial charge in [-0.25, -0.2) is 0 Å². The maximum absolute atomic E-state index is 6.12. The van der Waals surface area contributed by atoms with E-state index in [0.717, 1.165) is 11.1 Å². The van der Waals surface area contributed by atoms with Crippen molar-refractivity contribution in [2.75, 3.05) is 45.5 Å². The van der Waals surface area contributed by atoms with Crippen molar-refractivity contribution in [2.45, 2.75) is 0 Å². The Morgan fingerprint density at radius 1 is 0.462 bits per heavy atom. The summed E-state index contributed by atoms with van der Waals surface area (Å²) in [5.74, 6) is 0. The molecule has 0 atom stereocenters. The molecule has 0 aliphatic rings. The summed E-state index contributed by atoms with van der Waals surface area (Å²) in [5, 5.41) is 3.16. The van der Waals surface area contributed by atoms with Crippen LogP contribution in [-0.2, 0) is 0 Å². The van der Waals surface area contributed by atoms with Crippen molar-refractivity contribution in [1.82, 2.24) is 0 Å². The van der Waals surface area contributed by atoms with Gasteiger partial charge in [0.1, 0.15) is 0 Å². The first-order valence-corrected chi connectivity index (χ1v) is 7.82. The van der Waals surface area contributed by atoms with Gasteiger partial charge in [0.05, 0.1) is 51.2 Å². The molecule has 0 aromatic heterocycles. The highest BCUT2D eigenvalue weighted by Gasteiger charge is 2.11. The number of hydrogen-bond donors (Lipinski definition) is 8. The molecule has 0 spiro atoms. The van der Waals surface area contributed by atoms with Gasteiger partial charge in [-0.3, -0.25) is 0 Å². The van der Waals surface area contributed by atoms with Crippen LogP contribution in [-0.4, -0.2) is 0 Å². The van der Waals surface area contributed by atoms with E-state index < -0.39 is 0 Å². The minimum atomic E-state index is 0.395. The fourth-order valence-corrected chi connectivity index (χ4v) is 2.60. The van der Waals surface area contributed by atoms with Gasteiger partial charge in [0, 0.05) is 0 Å². The average molecular weight is 350 g/mol. The third kappa shape index (κ3) is 3.03. The van der Waals surface area contributed by atoms with E-state index >= 15 is 0 Å². The largest absolute Gasteiger partial charge is 0.397 e. The van der Waals surface area contributed by atoms with Gasteiger partial charge >= 0.3 is 0 Å². The zero-order valence-electron chi connectivity index (χ0n) is 14.1. The van der Waals surface area contributed by atoms with Crippen molar-refractivity contribution in [1.29, 1.82) is 0 Å². The Labute approximate surface area is 150 Å². The first kappa shape index (κ1) is 16.9. The van der Waals surface area contributed by atoms with Gasteiger partial charge < -0.3 is 45.5 Å². The van der Waals surface area contributed by atoms with Crippen LogP contribution in [0.25, 0.3) is 11.1 Å². The summed E-state index contributed by atoms with van der Waals surface area (Å²) in [4.78, 5) is 0. The molecule has 0 heterocycles. The van der Waals surface area contributed by atoms with Gasteiger partial charge in [-0.2, -0.15) is 0 Å². The molecule has 0 unspecified atom stereocenters. The van der Waals surface area contributed by atoms with E-state index in [-0.39, 0.29) is 0 Å². The van der Waals surface area contributed by atoms with Crippen molar-refractivity contribution in [3.8, 4) is 11.1 Å². The summed E-state index contributed by atoms with van der Waals surface area (Å²) < 4.78 is 0. The van der Waals surface area contributed by atoms with E-state index in [1.807, 2.05) is 12.1 Å². The smallest absolute Gasteiger partial charge is 0.0787 e. The number of anilines is 9. The molecule has 8 heteroatoms. The SMILES string of the molecule is Nc1ccc(-c2cc(N)c(N)c(Nc3cc(N)c(N)cc3N)c2)cc1N. The lowest BCUT2D eigenvalue weighted by atomic mass is 10.0. The number of benzene rings is 3. The molecule has 15 N–H and O–H groups in total. The molecule has 3 rings (SSSR count). The number of hydrogen-bond acceptors (Lipinski definition) is 8. The molecule has 0 aliphatic heterocycles. The van der Waals surface area contributed by atoms with E-state index in [2.05, 4.69) is 5.32 Å². The Balaban J connectivity index is 2.06. The quantitative estimate of drug-likeness (QED) is 0.329. The maximum atomic E-state index is 6.12. The Morgan fingerprint density at radius 2 is 1.08 bits per heavy atom. The highest BCUT2D eigenvalue weighted by atomic mass is 14.9. The highest BCUT2D eigenvalue weighted by molar-refractivity contribution is 5.91. The predicted molar refractivity (Wildman–Crippen MR) is 112 cm³/mol. The summed E-state index contributed by atoms with van der Waals surface area (Å²) in [7, 11) is 0. The molecule has 3 aromatic rings. The Kier molecular flexibility index (Phi) is 4.01. The Hall–Kier alpha value is -3.94. The molecular weight excluding hydrogens is 328 g/mol.